The van der Waals surface area contributed by atoms with Gasteiger partial charge in [-0.05, 0) is 19.9 Å². The number of carbonyl (C=O) groups excluding carboxylic acids is 2. The van der Waals surface area contributed by atoms with Crippen LogP contribution in [-0.4, -0.2) is 28.2 Å². The van der Waals surface area contributed by atoms with Crippen LogP contribution in [0.25, 0.3) is 10.9 Å². The number of thioether (sulfide) groups is 1. The van der Waals surface area contributed by atoms with E-state index in [9.17, 15) is 18.4 Å². The van der Waals surface area contributed by atoms with E-state index in [-0.39, 0.29) is 33.8 Å². The minimum atomic E-state index is -1.16. The van der Waals surface area contributed by atoms with Gasteiger partial charge in [-0.15, -0.1) is 11.6 Å². The number of alkyl halides is 1. The number of aromatic nitrogens is 1. The normalized spacial score (nSPS) is 12.1. The minimum Gasteiger partial charge on any atom is -0.462 e. The van der Waals surface area contributed by atoms with E-state index in [2.05, 4.69) is 4.98 Å². The largest absolute Gasteiger partial charge is 0.462 e. The van der Waals surface area contributed by atoms with Crippen LogP contribution in [0.1, 0.15) is 31.1 Å². The van der Waals surface area contributed by atoms with Gasteiger partial charge >= 0.3 is 11.9 Å². The zero-order valence-electron chi connectivity index (χ0n) is 13.6. The Morgan fingerprint density at radius 1 is 1.32 bits per heavy atom. The van der Waals surface area contributed by atoms with E-state index in [0.717, 1.165) is 30.8 Å². The molecule has 1 unspecified atom stereocenters. The van der Waals surface area contributed by atoms with Crippen LogP contribution >= 0.6 is 23.4 Å². The molecule has 0 radical (unpaired) electrons. The van der Waals surface area contributed by atoms with E-state index >= 15 is 0 Å². The van der Waals surface area contributed by atoms with Crippen LogP contribution < -0.4 is 4.74 Å². The van der Waals surface area contributed by atoms with Crippen molar-refractivity contribution in [1.29, 1.82) is 0 Å². The average Bonchev–Trinajstić information content (AvgIpc) is 2.48. The van der Waals surface area contributed by atoms with Gasteiger partial charge < -0.3 is 9.47 Å². The molecule has 0 N–H and O–H groups in total. The standard InChI is InChI=1S/C16H14ClF2NO4S/c1-4-23-16(22)13-14(24-8(3)21)9-5-10(18)11(19)6-12(9)20-15(13)25-7(2)17/h5-7H,4H2,1-3H3. The topological polar surface area (TPSA) is 65.5 Å². The van der Waals surface area contributed by atoms with Crippen LogP contribution in [0.4, 0.5) is 8.78 Å². The first-order valence-electron chi connectivity index (χ1n) is 7.23. The fourth-order valence-electron chi connectivity index (χ4n) is 2.08. The zero-order valence-corrected chi connectivity index (χ0v) is 15.1. The van der Waals surface area contributed by atoms with Crippen molar-refractivity contribution in [3.63, 3.8) is 0 Å². The van der Waals surface area contributed by atoms with Crippen LogP contribution in [0.3, 0.4) is 0 Å². The van der Waals surface area contributed by atoms with Gasteiger partial charge in [0, 0.05) is 18.4 Å². The fraction of sp³-hybridized carbons (Fsp3) is 0.312. The van der Waals surface area contributed by atoms with Gasteiger partial charge in [0.15, 0.2) is 17.4 Å². The summed E-state index contributed by atoms with van der Waals surface area (Å²) in [6.07, 6.45) is 0. The second kappa shape index (κ2) is 7.97. The van der Waals surface area contributed by atoms with Gasteiger partial charge in [0.2, 0.25) is 0 Å². The Morgan fingerprint density at radius 3 is 2.52 bits per heavy atom. The molecule has 0 saturated heterocycles. The number of hydrogen-bond donors (Lipinski definition) is 0. The number of esters is 2. The molecule has 1 aromatic heterocycles. The van der Waals surface area contributed by atoms with Gasteiger partial charge in [-0.1, -0.05) is 11.8 Å². The molecule has 1 aromatic carbocycles. The molecule has 0 fully saturated rings. The average molecular weight is 390 g/mol. The number of nitrogens with zero attached hydrogens (tertiary/aromatic N) is 1. The predicted molar refractivity (Wildman–Crippen MR) is 90.1 cm³/mol. The van der Waals surface area contributed by atoms with Gasteiger partial charge in [0.05, 0.1) is 16.8 Å². The molecule has 1 heterocycles. The SMILES string of the molecule is CCOC(=O)c1c(SC(C)Cl)nc2cc(F)c(F)cc2c1OC(C)=O. The Balaban J connectivity index is 2.86. The van der Waals surface area contributed by atoms with E-state index < -0.39 is 28.3 Å². The molecule has 0 bridgehead atoms. The van der Waals surface area contributed by atoms with E-state index in [0.29, 0.717) is 0 Å². The van der Waals surface area contributed by atoms with Crippen LogP contribution in [0, 0.1) is 11.6 Å². The smallest absolute Gasteiger partial charge is 0.344 e. The van der Waals surface area contributed by atoms with Gasteiger partial charge in [-0.2, -0.15) is 0 Å². The third-order valence-corrected chi connectivity index (χ3v) is 4.06. The number of ether oxygens (including phenoxy) is 2. The Labute approximate surface area is 151 Å². The summed E-state index contributed by atoms with van der Waals surface area (Å²) < 4.78 is 36.8. The number of hydrogen-bond acceptors (Lipinski definition) is 6. The van der Waals surface area contributed by atoms with Crippen LogP contribution in [0.15, 0.2) is 17.2 Å². The highest BCUT2D eigenvalue weighted by atomic mass is 35.5. The van der Waals surface area contributed by atoms with Crippen molar-refractivity contribution in [2.45, 2.75) is 30.5 Å². The van der Waals surface area contributed by atoms with Gasteiger partial charge in [0.25, 0.3) is 0 Å². The summed E-state index contributed by atoms with van der Waals surface area (Å²) in [7, 11) is 0. The van der Waals surface area contributed by atoms with E-state index in [1.165, 1.54) is 0 Å². The lowest BCUT2D eigenvalue weighted by atomic mass is 10.1. The molecule has 0 saturated carbocycles. The lowest BCUT2D eigenvalue weighted by molar-refractivity contribution is -0.131. The zero-order chi connectivity index (χ0) is 18.7. The summed E-state index contributed by atoms with van der Waals surface area (Å²) >= 11 is 6.95. The third kappa shape index (κ3) is 4.38. The van der Waals surface area contributed by atoms with Crippen molar-refractivity contribution in [3.05, 3.63) is 29.3 Å². The molecule has 0 aliphatic rings. The Hall–Kier alpha value is -1.93. The minimum absolute atomic E-state index is 0.0167. The molecule has 1 atom stereocenters. The Bertz CT molecular complexity index is 845. The van der Waals surface area contributed by atoms with Crippen molar-refractivity contribution >= 4 is 46.2 Å². The highest BCUT2D eigenvalue weighted by molar-refractivity contribution is 8.01. The summed E-state index contributed by atoms with van der Waals surface area (Å²) in [4.78, 5) is 28.0. The predicted octanol–water partition coefficient (Wildman–Crippen LogP) is 4.29. The number of rotatable bonds is 5. The van der Waals surface area contributed by atoms with Gasteiger partial charge in [-0.3, -0.25) is 4.79 Å². The van der Waals surface area contributed by atoms with Crippen LogP contribution in [-0.2, 0) is 9.53 Å². The first-order valence-corrected chi connectivity index (χ1v) is 8.55. The molecule has 5 nitrogen and oxygen atoms in total. The van der Waals surface area contributed by atoms with E-state index in [4.69, 9.17) is 21.1 Å². The van der Waals surface area contributed by atoms with Crippen LogP contribution in [0.2, 0.25) is 0 Å². The molecular weight excluding hydrogens is 376 g/mol. The second-order valence-corrected chi connectivity index (χ2v) is 7.12. The van der Waals surface area contributed by atoms with Crippen molar-refractivity contribution in [3.8, 4) is 5.75 Å². The Kier molecular flexibility index (Phi) is 6.18. The molecule has 2 aromatic rings. The second-order valence-electron chi connectivity index (χ2n) is 4.88. The highest BCUT2D eigenvalue weighted by Gasteiger charge is 2.27. The first kappa shape index (κ1) is 19.4. The monoisotopic (exact) mass is 389 g/mol. The molecule has 25 heavy (non-hydrogen) atoms. The molecule has 134 valence electrons. The molecule has 0 aliphatic heterocycles. The van der Waals surface area contributed by atoms with Gasteiger partial charge in [-0.25, -0.2) is 18.6 Å². The quantitative estimate of drug-likeness (QED) is 0.431. The van der Waals surface area contributed by atoms with E-state index in [1.807, 2.05) is 0 Å². The fourth-order valence-corrected chi connectivity index (χ4v) is 3.09. The highest BCUT2D eigenvalue weighted by Crippen LogP contribution is 2.38. The number of halogens is 3. The maximum absolute atomic E-state index is 13.7. The first-order chi connectivity index (χ1) is 11.7. The molecule has 0 amide bonds. The van der Waals surface area contributed by atoms with Crippen molar-refractivity contribution < 1.29 is 27.8 Å². The summed E-state index contributed by atoms with van der Waals surface area (Å²) in [6.45, 7) is 4.43. The molecular formula is C16H14ClF2NO4S. The van der Waals surface area contributed by atoms with Crippen LogP contribution in [0.5, 0.6) is 5.75 Å². The lowest BCUT2D eigenvalue weighted by Gasteiger charge is -2.16. The van der Waals surface area contributed by atoms with Crippen molar-refractivity contribution in [2.24, 2.45) is 0 Å². The summed E-state index contributed by atoms with van der Waals surface area (Å²) in [6, 6.07) is 1.67. The Morgan fingerprint density at radius 2 is 1.96 bits per heavy atom. The molecule has 2 rings (SSSR count). The molecule has 9 heteroatoms. The number of carbonyl (C=O) groups is 2. The number of fused-ring (bicyclic) bond motifs is 1. The van der Waals surface area contributed by atoms with Crippen molar-refractivity contribution in [1.82, 2.24) is 4.98 Å². The summed E-state index contributed by atoms with van der Waals surface area (Å²) in [5.74, 6) is -4.07. The van der Waals surface area contributed by atoms with Gasteiger partial charge in [0.1, 0.15) is 10.6 Å². The molecule has 0 spiro atoms. The maximum atomic E-state index is 13.7. The van der Waals surface area contributed by atoms with E-state index in [1.54, 1.807) is 13.8 Å². The summed E-state index contributed by atoms with van der Waals surface area (Å²) in [5, 5.41) is 0.0689. The summed E-state index contributed by atoms with van der Waals surface area (Å²) in [5.41, 5.74) is -0.143. The number of pyridine rings is 1. The lowest BCUT2D eigenvalue weighted by Crippen LogP contribution is -2.14. The maximum Gasteiger partial charge on any atom is 0.344 e. The molecule has 0 aliphatic carbocycles. The number of benzene rings is 1. The third-order valence-electron chi connectivity index (χ3n) is 2.95. The van der Waals surface area contributed by atoms with Crippen molar-refractivity contribution in [2.75, 3.05) is 6.61 Å².